The molecule has 1 aromatic carbocycles. The molecule has 558 valence electrons. The molecule has 12 amide bonds. The molecule has 0 aromatic heterocycles. The zero-order valence-electron chi connectivity index (χ0n) is 60.3. The van der Waals surface area contributed by atoms with Crippen LogP contribution in [-0.4, -0.2) is 251 Å². The van der Waals surface area contributed by atoms with Crippen LogP contribution in [0.2, 0.25) is 0 Å². The summed E-state index contributed by atoms with van der Waals surface area (Å²) in [5.74, 6) is -13.3. The highest BCUT2D eigenvalue weighted by Crippen LogP contribution is 2.39. The fraction of sp³-hybridized carbons (Fsp3) is 0.746. The number of carbonyl (C=O) groups is 12. The van der Waals surface area contributed by atoms with Gasteiger partial charge in [-0.25, -0.2) is 8.78 Å². The van der Waals surface area contributed by atoms with Crippen molar-refractivity contribution >= 4 is 70.9 Å². The van der Waals surface area contributed by atoms with E-state index >= 15 is 28.0 Å². The number of halogens is 5. The lowest BCUT2D eigenvalue weighted by Gasteiger charge is -2.42. The lowest BCUT2D eigenvalue weighted by Crippen LogP contribution is -2.65. The van der Waals surface area contributed by atoms with Gasteiger partial charge in [0.05, 0.1) is 26.1 Å². The third kappa shape index (κ3) is 19.4. The molecule has 0 bridgehead atoms. The molecule has 3 N–H and O–H groups in total. The molecule has 6 fully saturated rings. The third-order valence-electron chi connectivity index (χ3n) is 21.9. The Balaban J connectivity index is 1.28. The van der Waals surface area contributed by atoms with Crippen LogP contribution in [-0.2, 0) is 70.1 Å². The van der Waals surface area contributed by atoms with Crippen LogP contribution in [0.1, 0.15) is 180 Å². The van der Waals surface area contributed by atoms with E-state index < -0.39 is 193 Å². The Morgan fingerprint density at radius 2 is 1.18 bits per heavy atom. The van der Waals surface area contributed by atoms with Gasteiger partial charge in [0.1, 0.15) is 65.0 Å². The van der Waals surface area contributed by atoms with Crippen molar-refractivity contribution in [3.05, 3.63) is 34.9 Å². The molecule has 0 radical (unpaired) electrons. The van der Waals surface area contributed by atoms with Crippen molar-refractivity contribution in [2.75, 3.05) is 88.6 Å². The molecule has 3 aliphatic carbocycles. The van der Waals surface area contributed by atoms with E-state index in [1.807, 2.05) is 20.8 Å². The van der Waals surface area contributed by atoms with Crippen LogP contribution in [0, 0.1) is 35.3 Å². The number of hydrogen-bond acceptors (Lipinski definition) is 12. The summed E-state index contributed by atoms with van der Waals surface area (Å²) in [5, 5.41) is 8.52. The van der Waals surface area contributed by atoms with E-state index in [1.165, 1.54) is 73.8 Å². The number of carbonyl (C=O) groups excluding carboxylic acids is 12. The number of amides is 12. The number of likely N-dealkylation sites (N-methyl/N-ethyl adjacent to an activating group) is 7. The van der Waals surface area contributed by atoms with Gasteiger partial charge in [-0.15, -0.1) is 0 Å². The van der Waals surface area contributed by atoms with Crippen molar-refractivity contribution in [1.82, 2.24) is 60.0 Å². The summed E-state index contributed by atoms with van der Waals surface area (Å²) in [5.41, 5.74) is -4.05. The number of nitrogens with zero attached hydrogens (tertiary/aromatic N) is 9. The van der Waals surface area contributed by atoms with E-state index in [0.29, 0.717) is 70.2 Å². The highest BCUT2D eigenvalue weighted by molar-refractivity contribution is 6.01. The largest absolute Gasteiger partial charge is 0.422 e. The van der Waals surface area contributed by atoms with Crippen molar-refractivity contribution < 1.29 is 79.5 Å². The summed E-state index contributed by atoms with van der Waals surface area (Å²) in [7, 11) is 9.74. The summed E-state index contributed by atoms with van der Waals surface area (Å²) in [6, 6.07) is -8.19. The van der Waals surface area contributed by atoms with Crippen molar-refractivity contribution in [3.63, 3.8) is 0 Å². The van der Waals surface area contributed by atoms with E-state index in [4.69, 9.17) is 0 Å². The molecule has 1 aromatic rings. The average molecular weight is 1420 g/mol. The van der Waals surface area contributed by atoms with Crippen LogP contribution < -0.4 is 16.0 Å². The minimum atomic E-state index is -5.38. The smallest absolute Gasteiger partial charge is 0.343 e. The molecular formula is C71H107F5N12O12. The SMILES string of the molecule is CC[C@H](C)[C@@H]1NC(=O)[C@H](CC(C)C)N(C)C(=O)C[C@@H](C(=O)N2CCCC2)N(C)C(=O)[C@H](C2CCCC2)N(C)C(=O)C2(CCCC2)NC(=O)[C@@H]2CCCN2C(=O)[C@H](CCc2cc(F)c(C(F)(F)F)c(F)c2)NC(=O)CN(C)C(=O)[C@H](CC2CCCCC2)N(C)C(=O)CN(C)C(=O)CN(C)C1=O. The highest BCUT2D eigenvalue weighted by atomic mass is 19.4. The summed E-state index contributed by atoms with van der Waals surface area (Å²) >= 11 is 0. The van der Waals surface area contributed by atoms with Gasteiger partial charge in [0.25, 0.3) is 0 Å². The van der Waals surface area contributed by atoms with Crippen LogP contribution >= 0.6 is 0 Å². The first kappa shape index (κ1) is 79.8. The Labute approximate surface area is 584 Å². The molecule has 8 atom stereocenters. The molecular weight excluding hydrogens is 1310 g/mol. The first-order valence-corrected chi connectivity index (χ1v) is 36.0. The summed E-state index contributed by atoms with van der Waals surface area (Å²) in [6.45, 7) is 6.09. The highest BCUT2D eigenvalue weighted by Gasteiger charge is 2.52. The molecule has 3 heterocycles. The van der Waals surface area contributed by atoms with Crippen molar-refractivity contribution in [2.24, 2.45) is 23.7 Å². The predicted octanol–water partition coefficient (Wildman–Crippen LogP) is 5.27. The minimum Gasteiger partial charge on any atom is -0.343 e. The number of benzene rings is 1. The first-order chi connectivity index (χ1) is 47.1. The van der Waals surface area contributed by atoms with Gasteiger partial charge in [0.2, 0.25) is 70.9 Å². The number of hydrogen-bond donors (Lipinski definition) is 3. The van der Waals surface area contributed by atoms with Gasteiger partial charge in [-0.1, -0.05) is 91.9 Å². The second-order valence-electron chi connectivity index (χ2n) is 29.6. The average Bonchev–Trinajstić information content (AvgIpc) is 1.50. The van der Waals surface area contributed by atoms with Crippen LogP contribution in [0.25, 0.3) is 0 Å². The van der Waals surface area contributed by atoms with Crippen molar-refractivity contribution in [1.29, 1.82) is 0 Å². The molecule has 100 heavy (non-hydrogen) atoms. The van der Waals surface area contributed by atoms with Gasteiger partial charge in [-0.05, 0) is 118 Å². The van der Waals surface area contributed by atoms with E-state index in [9.17, 15) is 51.5 Å². The monoisotopic (exact) mass is 1410 g/mol. The van der Waals surface area contributed by atoms with Gasteiger partial charge in [-0.3, -0.25) is 57.5 Å². The maximum atomic E-state index is 15.6. The number of alkyl halides is 3. The molecule has 1 spiro atoms. The number of rotatable bonds is 11. The van der Waals surface area contributed by atoms with Crippen LogP contribution in [0.4, 0.5) is 22.0 Å². The standard InChI is InChI=1S/C71H107F5N12O12/c1-12-44(4)60-67(98)82(7)41-57(91)80(5)42-58(92)84(9)53(38-45-23-14-13-15-24-45)65(96)81(6)40-55(89)77-50(29-28-46-36-48(72)59(49(73)37-46)71(74,75)76)64(95)88-34-22-27-51(88)63(94)79-70(30-18-19-31-70)69(100)86(11)61(47-25-16-17-26-47)68(99)85(10)54(66(97)87-32-20-21-33-87)39-56(90)83(8)52(35-43(2)3)62(93)78-60/h36-37,43-45,47,50-54,60-61H,12-35,38-42H2,1-11H3,(H,77,89)(H,78,93)(H,79,94)/t44-,50-,51-,52-,53-,54-,60-,61-/m0/s1. The molecule has 6 aliphatic rings. The quantitative estimate of drug-likeness (QED) is 0.239. The van der Waals surface area contributed by atoms with Crippen molar-refractivity contribution in [2.45, 2.75) is 229 Å². The van der Waals surface area contributed by atoms with E-state index in [0.717, 1.165) is 59.6 Å². The van der Waals surface area contributed by atoms with Crippen LogP contribution in [0.5, 0.6) is 0 Å². The van der Waals surface area contributed by atoms with Gasteiger partial charge in [0.15, 0.2) is 0 Å². The maximum Gasteiger partial charge on any atom is 0.422 e. The summed E-state index contributed by atoms with van der Waals surface area (Å²) in [6.07, 6.45) is 3.28. The molecule has 3 saturated heterocycles. The molecule has 0 unspecified atom stereocenters. The maximum absolute atomic E-state index is 15.6. The first-order valence-electron chi connectivity index (χ1n) is 36.0. The third-order valence-corrected chi connectivity index (χ3v) is 21.9. The lowest BCUT2D eigenvalue weighted by molar-refractivity contribution is -0.156. The molecule has 29 heteroatoms. The Morgan fingerprint density at radius 3 is 1.77 bits per heavy atom. The second-order valence-corrected chi connectivity index (χ2v) is 29.6. The lowest BCUT2D eigenvalue weighted by atomic mass is 9.84. The Kier molecular flexibility index (Phi) is 27.9. The molecule has 3 aliphatic heterocycles. The number of fused-ring (bicyclic) bond motifs is 1. The fourth-order valence-corrected chi connectivity index (χ4v) is 15.6. The number of nitrogens with one attached hydrogen (secondary N) is 3. The Morgan fingerprint density at radius 1 is 0.600 bits per heavy atom. The zero-order chi connectivity index (χ0) is 73.8. The van der Waals surface area contributed by atoms with Gasteiger partial charge in [0, 0.05) is 69.0 Å². The number of likely N-dealkylation sites (tertiary alicyclic amines) is 1. The molecule has 24 nitrogen and oxygen atoms in total. The second kappa shape index (κ2) is 34.9. The van der Waals surface area contributed by atoms with Gasteiger partial charge in [-0.2, -0.15) is 13.2 Å². The number of aryl methyl sites for hydroxylation is 1. The minimum absolute atomic E-state index is 0.0247. The predicted molar refractivity (Wildman–Crippen MR) is 359 cm³/mol. The molecule has 3 saturated carbocycles. The zero-order valence-corrected chi connectivity index (χ0v) is 60.3. The van der Waals surface area contributed by atoms with E-state index in [1.54, 1.807) is 11.8 Å². The Bertz CT molecular complexity index is 3130. The van der Waals surface area contributed by atoms with E-state index in [2.05, 4.69) is 16.0 Å². The van der Waals surface area contributed by atoms with Crippen LogP contribution in [0.3, 0.4) is 0 Å². The van der Waals surface area contributed by atoms with E-state index in [-0.39, 0.29) is 62.5 Å². The van der Waals surface area contributed by atoms with Gasteiger partial charge < -0.3 is 60.0 Å². The van der Waals surface area contributed by atoms with Crippen LogP contribution in [0.15, 0.2) is 12.1 Å². The normalized spacial score (nSPS) is 26.7. The molecule has 7 rings (SSSR count). The summed E-state index contributed by atoms with van der Waals surface area (Å²) < 4.78 is 71.3. The fourth-order valence-electron chi connectivity index (χ4n) is 15.6. The van der Waals surface area contributed by atoms with Crippen molar-refractivity contribution in [3.8, 4) is 0 Å². The van der Waals surface area contributed by atoms with Gasteiger partial charge >= 0.3 is 6.18 Å². The summed E-state index contributed by atoms with van der Waals surface area (Å²) in [4.78, 5) is 189. The Hall–Kier alpha value is -7.49. The topological polar surface area (TPSA) is 270 Å².